The Kier molecular flexibility index (Phi) is 6.55. The average molecular weight is 228 g/mol. The number of aryl methyl sites for hydroxylation is 1. The lowest BCUT2D eigenvalue weighted by Crippen LogP contribution is -2.16. The van der Waals surface area contributed by atoms with Gasteiger partial charge in [-0.2, -0.15) is 0 Å². The maximum Gasteiger partial charge on any atom is 0.0797 e. The van der Waals surface area contributed by atoms with Gasteiger partial charge in [0.05, 0.1) is 17.8 Å². The first kappa shape index (κ1) is 12.6. The number of hydrogen-bond donors (Lipinski definition) is 1. The second-order valence-corrected chi connectivity index (χ2v) is 4.37. The van der Waals surface area contributed by atoms with Crippen LogP contribution in [-0.2, 0) is 11.2 Å². The van der Waals surface area contributed by atoms with Crippen molar-refractivity contribution in [2.45, 2.75) is 26.7 Å². The minimum atomic E-state index is 0.815. The SMILES string of the molecule is CCNCCCOCCc1scnc1C. The predicted octanol–water partition coefficient (Wildman–Crippen LogP) is 2.01. The fourth-order valence-corrected chi connectivity index (χ4v) is 2.07. The van der Waals surface area contributed by atoms with Crippen LogP contribution in [0.1, 0.15) is 23.9 Å². The molecule has 1 heterocycles. The number of nitrogens with zero attached hydrogens (tertiary/aromatic N) is 1. The van der Waals surface area contributed by atoms with Gasteiger partial charge in [-0.25, -0.2) is 4.98 Å². The van der Waals surface area contributed by atoms with Crippen molar-refractivity contribution in [3.05, 3.63) is 16.1 Å². The Morgan fingerprint density at radius 3 is 3.00 bits per heavy atom. The van der Waals surface area contributed by atoms with E-state index >= 15 is 0 Å². The molecule has 0 amide bonds. The van der Waals surface area contributed by atoms with Crippen molar-refractivity contribution in [1.29, 1.82) is 0 Å². The Labute approximate surface area is 95.9 Å². The summed E-state index contributed by atoms with van der Waals surface area (Å²) < 4.78 is 5.55. The van der Waals surface area contributed by atoms with E-state index in [1.807, 2.05) is 5.51 Å². The van der Waals surface area contributed by atoms with Crippen LogP contribution in [0.25, 0.3) is 0 Å². The molecule has 0 spiro atoms. The Morgan fingerprint density at radius 2 is 2.33 bits per heavy atom. The third-order valence-electron chi connectivity index (χ3n) is 2.21. The van der Waals surface area contributed by atoms with E-state index in [0.717, 1.165) is 44.8 Å². The minimum absolute atomic E-state index is 0.815. The molecule has 0 saturated heterocycles. The molecule has 0 aliphatic rings. The molecule has 0 aliphatic carbocycles. The highest BCUT2D eigenvalue weighted by Gasteiger charge is 2.00. The van der Waals surface area contributed by atoms with Crippen molar-refractivity contribution in [2.75, 3.05) is 26.3 Å². The number of aromatic nitrogens is 1. The summed E-state index contributed by atoms with van der Waals surface area (Å²) in [5, 5.41) is 3.27. The topological polar surface area (TPSA) is 34.1 Å². The molecular weight excluding hydrogens is 208 g/mol. The maximum absolute atomic E-state index is 5.55. The Hall–Kier alpha value is -0.450. The summed E-state index contributed by atoms with van der Waals surface area (Å²) in [5.41, 5.74) is 3.05. The maximum atomic E-state index is 5.55. The van der Waals surface area contributed by atoms with Crippen LogP contribution in [0.5, 0.6) is 0 Å². The molecule has 0 fully saturated rings. The monoisotopic (exact) mass is 228 g/mol. The normalized spacial score (nSPS) is 10.8. The molecule has 3 nitrogen and oxygen atoms in total. The third kappa shape index (κ3) is 5.25. The first-order valence-corrected chi connectivity index (χ1v) is 6.40. The van der Waals surface area contributed by atoms with Crippen molar-refractivity contribution in [3.8, 4) is 0 Å². The molecule has 0 aromatic carbocycles. The van der Waals surface area contributed by atoms with Gasteiger partial charge in [0.1, 0.15) is 0 Å². The summed E-state index contributed by atoms with van der Waals surface area (Å²) >= 11 is 1.72. The molecular formula is C11H20N2OS. The molecule has 0 saturated carbocycles. The van der Waals surface area contributed by atoms with Crippen molar-refractivity contribution >= 4 is 11.3 Å². The van der Waals surface area contributed by atoms with Crippen LogP contribution in [0.4, 0.5) is 0 Å². The largest absolute Gasteiger partial charge is 0.381 e. The van der Waals surface area contributed by atoms with Crippen LogP contribution >= 0.6 is 11.3 Å². The number of thiazole rings is 1. The van der Waals surface area contributed by atoms with E-state index in [4.69, 9.17) is 4.74 Å². The molecule has 0 bridgehead atoms. The van der Waals surface area contributed by atoms with Gasteiger partial charge in [-0.1, -0.05) is 6.92 Å². The summed E-state index contributed by atoms with van der Waals surface area (Å²) in [6.45, 7) is 7.93. The van der Waals surface area contributed by atoms with Gasteiger partial charge in [-0.15, -0.1) is 11.3 Å². The van der Waals surface area contributed by atoms with E-state index in [1.54, 1.807) is 11.3 Å². The average Bonchev–Trinajstić information content (AvgIpc) is 2.63. The van der Waals surface area contributed by atoms with Gasteiger partial charge in [-0.3, -0.25) is 0 Å². The molecule has 0 radical (unpaired) electrons. The molecule has 1 rings (SSSR count). The highest BCUT2D eigenvalue weighted by Crippen LogP contribution is 2.12. The highest BCUT2D eigenvalue weighted by atomic mass is 32.1. The van der Waals surface area contributed by atoms with Crippen LogP contribution in [0.3, 0.4) is 0 Å². The Morgan fingerprint density at radius 1 is 1.47 bits per heavy atom. The molecule has 1 N–H and O–H groups in total. The van der Waals surface area contributed by atoms with E-state index in [-0.39, 0.29) is 0 Å². The van der Waals surface area contributed by atoms with E-state index < -0.39 is 0 Å². The van der Waals surface area contributed by atoms with Gasteiger partial charge in [0, 0.05) is 17.9 Å². The van der Waals surface area contributed by atoms with E-state index in [0.29, 0.717) is 0 Å². The predicted molar refractivity (Wildman–Crippen MR) is 64.5 cm³/mol. The van der Waals surface area contributed by atoms with Crippen LogP contribution in [0, 0.1) is 6.92 Å². The van der Waals surface area contributed by atoms with Crippen LogP contribution in [-0.4, -0.2) is 31.3 Å². The van der Waals surface area contributed by atoms with Gasteiger partial charge in [-0.05, 0) is 26.4 Å². The number of ether oxygens (including phenoxy) is 1. The second kappa shape index (κ2) is 7.79. The highest BCUT2D eigenvalue weighted by molar-refractivity contribution is 7.09. The lowest BCUT2D eigenvalue weighted by molar-refractivity contribution is 0.135. The quantitative estimate of drug-likeness (QED) is 0.691. The van der Waals surface area contributed by atoms with Gasteiger partial charge in [0.25, 0.3) is 0 Å². The van der Waals surface area contributed by atoms with E-state index in [2.05, 4.69) is 24.1 Å². The van der Waals surface area contributed by atoms with Crippen molar-refractivity contribution < 1.29 is 4.74 Å². The first-order chi connectivity index (χ1) is 7.34. The van der Waals surface area contributed by atoms with Crippen LogP contribution < -0.4 is 5.32 Å². The fraction of sp³-hybridized carbons (Fsp3) is 0.727. The Bertz CT molecular complexity index is 263. The molecule has 86 valence electrons. The van der Waals surface area contributed by atoms with Crippen molar-refractivity contribution in [2.24, 2.45) is 0 Å². The van der Waals surface area contributed by atoms with Crippen LogP contribution in [0.2, 0.25) is 0 Å². The zero-order valence-electron chi connectivity index (χ0n) is 9.58. The zero-order valence-corrected chi connectivity index (χ0v) is 10.4. The zero-order chi connectivity index (χ0) is 10.9. The van der Waals surface area contributed by atoms with E-state index in [9.17, 15) is 0 Å². The standard InChI is InChI=1S/C11H20N2OS/c1-3-12-6-4-7-14-8-5-11-10(2)13-9-15-11/h9,12H,3-8H2,1-2H3. The molecule has 0 unspecified atom stereocenters. The summed E-state index contributed by atoms with van der Waals surface area (Å²) in [7, 11) is 0. The lowest BCUT2D eigenvalue weighted by Gasteiger charge is -2.03. The third-order valence-corrected chi connectivity index (χ3v) is 3.21. The van der Waals surface area contributed by atoms with Gasteiger partial charge < -0.3 is 10.1 Å². The Balaban J connectivity index is 1.96. The first-order valence-electron chi connectivity index (χ1n) is 5.52. The second-order valence-electron chi connectivity index (χ2n) is 3.43. The molecule has 1 aromatic heterocycles. The summed E-state index contributed by atoms with van der Waals surface area (Å²) in [6.07, 6.45) is 2.09. The number of nitrogens with one attached hydrogen (secondary N) is 1. The molecule has 15 heavy (non-hydrogen) atoms. The van der Waals surface area contributed by atoms with Gasteiger partial charge in [0.2, 0.25) is 0 Å². The minimum Gasteiger partial charge on any atom is -0.381 e. The van der Waals surface area contributed by atoms with Crippen molar-refractivity contribution in [3.63, 3.8) is 0 Å². The smallest absolute Gasteiger partial charge is 0.0797 e. The van der Waals surface area contributed by atoms with Gasteiger partial charge in [0.15, 0.2) is 0 Å². The molecule has 1 aromatic rings. The van der Waals surface area contributed by atoms with Crippen LogP contribution in [0.15, 0.2) is 5.51 Å². The van der Waals surface area contributed by atoms with E-state index in [1.165, 1.54) is 4.88 Å². The summed E-state index contributed by atoms with van der Waals surface area (Å²) in [6, 6.07) is 0. The molecule has 4 heteroatoms. The summed E-state index contributed by atoms with van der Waals surface area (Å²) in [5.74, 6) is 0. The van der Waals surface area contributed by atoms with Gasteiger partial charge >= 0.3 is 0 Å². The van der Waals surface area contributed by atoms with Crippen molar-refractivity contribution in [1.82, 2.24) is 10.3 Å². The molecule has 0 atom stereocenters. The molecule has 0 aliphatic heterocycles. The fourth-order valence-electron chi connectivity index (χ4n) is 1.31. The number of rotatable bonds is 8. The lowest BCUT2D eigenvalue weighted by atomic mass is 10.3. The summed E-state index contributed by atoms with van der Waals surface area (Å²) in [4.78, 5) is 5.56. The number of hydrogen-bond acceptors (Lipinski definition) is 4.